The van der Waals surface area contributed by atoms with Crippen LogP contribution < -0.4 is 5.32 Å². The Morgan fingerprint density at radius 1 is 1.23 bits per heavy atom. The van der Waals surface area contributed by atoms with Crippen molar-refractivity contribution in [2.75, 3.05) is 5.32 Å². The highest BCUT2D eigenvalue weighted by Crippen LogP contribution is 2.39. The number of aromatic carboxylic acids is 1. The van der Waals surface area contributed by atoms with Crippen molar-refractivity contribution in [2.24, 2.45) is 0 Å². The molecule has 1 amide bonds. The highest BCUT2D eigenvalue weighted by molar-refractivity contribution is 7.15. The van der Waals surface area contributed by atoms with Gasteiger partial charge in [0.15, 0.2) is 0 Å². The summed E-state index contributed by atoms with van der Waals surface area (Å²) in [6, 6.07) is 4.47. The number of carboxylic acid groups (broad SMARTS) is 1. The van der Waals surface area contributed by atoms with Crippen LogP contribution in [-0.2, 0) is 6.18 Å². The van der Waals surface area contributed by atoms with Crippen LogP contribution in [0.15, 0.2) is 29.6 Å². The van der Waals surface area contributed by atoms with E-state index in [1.807, 2.05) is 0 Å². The maximum atomic E-state index is 13.0. The number of alkyl halides is 3. The largest absolute Gasteiger partial charge is 0.478 e. The van der Waals surface area contributed by atoms with Crippen molar-refractivity contribution < 1.29 is 32.3 Å². The fourth-order valence-corrected chi connectivity index (χ4v) is 2.63. The van der Waals surface area contributed by atoms with Crippen molar-refractivity contribution in [3.63, 3.8) is 0 Å². The van der Waals surface area contributed by atoms with E-state index in [1.165, 1.54) is 12.1 Å². The Bertz CT molecular complexity index is 739. The molecule has 1 aromatic carbocycles. The lowest BCUT2D eigenvalue weighted by Gasteiger charge is -2.08. The summed E-state index contributed by atoms with van der Waals surface area (Å²) >= 11 is 0.432. The maximum absolute atomic E-state index is 13.0. The molecule has 0 bridgehead atoms. The Balaban J connectivity index is 2.36. The van der Waals surface area contributed by atoms with Crippen LogP contribution in [0, 0.1) is 5.82 Å². The van der Waals surface area contributed by atoms with Gasteiger partial charge in [-0.15, -0.1) is 11.3 Å². The zero-order valence-corrected chi connectivity index (χ0v) is 11.4. The highest BCUT2D eigenvalue weighted by atomic mass is 32.1. The molecule has 4 nitrogen and oxygen atoms in total. The molecule has 0 aliphatic carbocycles. The van der Waals surface area contributed by atoms with Gasteiger partial charge in [-0.3, -0.25) is 4.79 Å². The number of nitrogens with one attached hydrogen (secondary N) is 1. The van der Waals surface area contributed by atoms with Gasteiger partial charge in [-0.25, -0.2) is 9.18 Å². The van der Waals surface area contributed by atoms with Crippen LogP contribution in [-0.4, -0.2) is 17.0 Å². The van der Waals surface area contributed by atoms with Gasteiger partial charge in [-0.1, -0.05) is 6.07 Å². The smallest absolute Gasteiger partial charge is 0.418 e. The third-order valence-electron chi connectivity index (χ3n) is 2.62. The summed E-state index contributed by atoms with van der Waals surface area (Å²) in [4.78, 5) is 22.9. The number of halogens is 4. The molecule has 0 fully saturated rings. The van der Waals surface area contributed by atoms with Crippen molar-refractivity contribution in [2.45, 2.75) is 6.18 Å². The summed E-state index contributed by atoms with van der Waals surface area (Å²) in [6.07, 6.45) is -4.86. The molecule has 0 saturated heterocycles. The second-order valence-corrected chi connectivity index (χ2v) is 5.00. The van der Waals surface area contributed by atoms with Gasteiger partial charge in [0.05, 0.1) is 5.56 Å². The molecule has 0 unspecified atom stereocenters. The average Bonchev–Trinajstić information content (AvgIpc) is 2.82. The van der Waals surface area contributed by atoms with Crippen LogP contribution in [0.1, 0.15) is 26.3 Å². The van der Waals surface area contributed by atoms with E-state index < -0.39 is 40.0 Å². The average molecular weight is 333 g/mol. The van der Waals surface area contributed by atoms with E-state index in [4.69, 9.17) is 5.11 Å². The number of hydrogen-bond donors (Lipinski definition) is 2. The van der Waals surface area contributed by atoms with Gasteiger partial charge < -0.3 is 10.4 Å². The molecule has 0 saturated carbocycles. The summed E-state index contributed by atoms with van der Waals surface area (Å²) in [5.74, 6) is -3.42. The van der Waals surface area contributed by atoms with Gasteiger partial charge in [0.1, 0.15) is 16.4 Å². The molecule has 116 valence electrons. The summed E-state index contributed by atoms with van der Waals surface area (Å²) < 4.78 is 51.2. The third-order valence-corrected chi connectivity index (χ3v) is 3.52. The Kier molecular flexibility index (Phi) is 4.18. The van der Waals surface area contributed by atoms with Gasteiger partial charge in [0, 0.05) is 10.9 Å². The van der Waals surface area contributed by atoms with Gasteiger partial charge in [-0.05, 0) is 18.2 Å². The summed E-state index contributed by atoms with van der Waals surface area (Å²) in [5, 5.41) is 11.1. The molecule has 1 heterocycles. The first-order valence-corrected chi connectivity index (χ1v) is 6.57. The molecule has 2 rings (SSSR count). The number of thiophene rings is 1. The van der Waals surface area contributed by atoms with Gasteiger partial charge in [0.25, 0.3) is 5.91 Å². The molecule has 1 aromatic heterocycles. The van der Waals surface area contributed by atoms with E-state index in [2.05, 4.69) is 5.32 Å². The molecule has 2 N–H and O–H groups in total. The first-order chi connectivity index (χ1) is 10.2. The van der Waals surface area contributed by atoms with Crippen LogP contribution in [0.25, 0.3) is 0 Å². The number of carbonyl (C=O) groups excluding carboxylic acids is 1. The number of amides is 1. The molecule has 0 aliphatic rings. The summed E-state index contributed by atoms with van der Waals surface area (Å²) in [7, 11) is 0. The predicted octanol–water partition coefficient (Wildman–Crippen LogP) is 3.86. The van der Waals surface area contributed by atoms with Crippen LogP contribution in [0.5, 0.6) is 0 Å². The van der Waals surface area contributed by atoms with Crippen molar-refractivity contribution in [1.29, 1.82) is 0 Å². The van der Waals surface area contributed by atoms with Crippen molar-refractivity contribution in [1.82, 2.24) is 0 Å². The lowest BCUT2D eigenvalue weighted by atomic mass is 10.1. The van der Waals surface area contributed by atoms with Crippen molar-refractivity contribution in [3.05, 3.63) is 52.2 Å². The summed E-state index contributed by atoms with van der Waals surface area (Å²) in [5.41, 5.74) is -2.53. The van der Waals surface area contributed by atoms with E-state index >= 15 is 0 Å². The number of carbonyl (C=O) groups is 2. The molecule has 22 heavy (non-hydrogen) atoms. The van der Waals surface area contributed by atoms with Crippen LogP contribution in [0.4, 0.5) is 22.6 Å². The van der Waals surface area contributed by atoms with Crippen molar-refractivity contribution in [3.8, 4) is 0 Å². The SMILES string of the molecule is O=C(Nc1scc(C(F)(F)F)c1C(=O)O)c1cccc(F)c1. The minimum absolute atomic E-state index is 0.140. The zero-order valence-electron chi connectivity index (χ0n) is 10.6. The van der Waals surface area contributed by atoms with E-state index in [0.29, 0.717) is 16.7 Å². The minimum Gasteiger partial charge on any atom is -0.478 e. The molecule has 0 spiro atoms. The molecule has 0 radical (unpaired) electrons. The minimum atomic E-state index is -4.86. The van der Waals surface area contributed by atoms with Crippen molar-refractivity contribution >= 4 is 28.2 Å². The third kappa shape index (κ3) is 3.25. The highest BCUT2D eigenvalue weighted by Gasteiger charge is 2.38. The number of anilines is 1. The maximum Gasteiger partial charge on any atom is 0.418 e. The van der Waals surface area contributed by atoms with Gasteiger partial charge >= 0.3 is 12.1 Å². The first-order valence-electron chi connectivity index (χ1n) is 5.69. The second kappa shape index (κ2) is 5.76. The van der Waals surface area contributed by atoms with Gasteiger partial charge in [0.2, 0.25) is 0 Å². The fourth-order valence-electron chi connectivity index (χ4n) is 1.68. The molecule has 2 aromatic rings. The molecule has 0 aliphatic heterocycles. The lowest BCUT2D eigenvalue weighted by molar-refractivity contribution is -0.137. The van der Waals surface area contributed by atoms with E-state index in [-0.39, 0.29) is 5.56 Å². The Morgan fingerprint density at radius 2 is 1.91 bits per heavy atom. The predicted molar refractivity (Wildman–Crippen MR) is 70.6 cm³/mol. The van der Waals surface area contributed by atoms with Gasteiger partial charge in [-0.2, -0.15) is 13.2 Å². The standard InChI is InChI=1S/C13H7F4NO3S/c14-7-3-1-2-6(4-7)10(19)18-11-9(12(20)21)8(5-22-11)13(15,16)17/h1-5H,(H,18,19)(H,20,21). The van der Waals surface area contributed by atoms with Crippen LogP contribution in [0.3, 0.4) is 0 Å². The second-order valence-electron chi connectivity index (χ2n) is 4.12. The number of rotatable bonds is 3. The Hall–Kier alpha value is -2.42. The lowest BCUT2D eigenvalue weighted by Crippen LogP contribution is -2.16. The summed E-state index contributed by atoms with van der Waals surface area (Å²) in [6.45, 7) is 0. The normalized spacial score (nSPS) is 11.3. The number of carboxylic acids is 1. The van der Waals surface area contributed by atoms with E-state index in [0.717, 1.165) is 12.1 Å². The van der Waals surface area contributed by atoms with E-state index in [1.54, 1.807) is 0 Å². The topological polar surface area (TPSA) is 66.4 Å². The number of hydrogen-bond acceptors (Lipinski definition) is 3. The van der Waals surface area contributed by atoms with E-state index in [9.17, 15) is 27.2 Å². The molecular weight excluding hydrogens is 326 g/mol. The quantitative estimate of drug-likeness (QED) is 0.838. The monoisotopic (exact) mass is 333 g/mol. The Morgan fingerprint density at radius 3 is 2.45 bits per heavy atom. The Labute approximate surface area is 125 Å². The first kappa shape index (κ1) is 16.0. The van der Waals surface area contributed by atoms with Crippen LogP contribution in [0.2, 0.25) is 0 Å². The zero-order chi connectivity index (χ0) is 16.5. The fraction of sp³-hybridized carbons (Fsp3) is 0.0769. The molecule has 0 atom stereocenters. The van der Waals surface area contributed by atoms with Crippen LogP contribution >= 0.6 is 11.3 Å². The molecule has 9 heteroatoms. The number of benzene rings is 1. The molecular formula is C13H7F4NO3S.